The first-order valence-corrected chi connectivity index (χ1v) is 7.54. The lowest BCUT2D eigenvalue weighted by molar-refractivity contribution is -0.154. The van der Waals surface area contributed by atoms with Crippen molar-refractivity contribution in [3.05, 3.63) is 45.2 Å². The minimum Gasteiger partial charge on any atom is -0.467 e. The number of esters is 1. The Labute approximate surface area is 140 Å². The number of rotatable bonds is 4. The van der Waals surface area contributed by atoms with Crippen molar-refractivity contribution >= 4 is 17.6 Å². The fourth-order valence-electron chi connectivity index (χ4n) is 2.60. The number of benzene rings is 1. The first-order chi connectivity index (χ1) is 12.0. The molecule has 0 unspecified atom stereocenters. The molecule has 3 rings (SSSR count). The molecule has 2 heterocycles. The molecule has 0 bridgehead atoms. The van der Waals surface area contributed by atoms with Gasteiger partial charge in [0, 0.05) is 5.69 Å². The average Bonchev–Trinajstić information content (AvgIpc) is 3.22. The molecule has 0 saturated carbocycles. The van der Waals surface area contributed by atoms with Crippen molar-refractivity contribution in [2.45, 2.75) is 25.0 Å². The van der Waals surface area contributed by atoms with Crippen LogP contribution < -0.4 is 16.7 Å². The molecule has 1 aromatic heterocycles. The smallest absolute Gasteiger partial charge is 0.348 e. The summed E-state index contributed by atoms with van der Waals surface area (Å²) in [4.78, 5) is 46.7. The Morgan fingerprint density at radius 2 is 1.72 bits per heavy atom. The van der Waals surface area contributed by atoms with Crippen LogP contribution in [0.15, 0.2) is 33.9 Å². The van der Waals surface area contributed by atoms with Gasteiger partial charge in [-0.2, -0.15) is 0 Å². The lowest BCUT2D eigenvalue weighted by Gasteiger charge is -2.12. The zero-order valence-corrected chi connectivity index (χ0v) is 13.3. The maximum Gasteiger partial charge on any atom is 0.348 e. The topological polar surface area (TPSA) is 135 Å². The van der Waals surface area contributed by atoms with Crippen molar-refractivity contribution in [3.63, 3.8) is 0 Å². The van der Waals surface area contributed by atoms with Crippen molar-refractivity contribution < 1.29 is 19.1 Å². The van der Waals surface area contributed by atoms with Gasteiger partial charge in [0.25, 0.3) is 5.91 Å². The van der Waals surface area contributed by atoms with Crippen molar-refractivity contribution in [1.29, 1.82) is 0 Å². The van der Waals surface area contributed by atoms with Crippen LogP contribution in [0.3, 0.4) is 0 Å². The van der Waals surface area contributed by atoms with Gasteiger partial charge in [0.05, 0.1) is 12.8 Å². The van der Waals surface area contributed by atoms with Gasteiger partial charge in [0.2, 0.25) is 0 Å². The standard InChI is InChI=1S/C15H16N4O6/c1-24-13(21)11-7-6-10(25-11)12(20)16-8-2-4-9(5-3-8)19-14(22)17-18-15(19)23/h2-5,10-11H,6-7H2,1H3,(H,16,20)(H,17,22)(H,18,23)/t10-,11+/m0/s1. The average molecular weight is 348 g/mol. The van der Waals surface area contributed by atoms with Gasteiger partial charge >= 0.3 is 17.3 Å². The monoisotopic (exact) mass is 348 g/mol. The molecule has 10 nitrogen and oxygen atoms in total. The van der Waals surface area contributed by atoms with E-state index in [0.29, 0.717) is 24.2 Å². The van der Waals surface area contributed by atoms with Crippen LogP contribution in [-0.2, 0) is 19.1 Å². The lowest BCUT2D eigenvalue weighted by atomic mass is 10.2. The molecular weight excluding hydrogens is 332 g/mol. The third-order valence-electron chi connectivity index (χ3n) is 3.85. The van der Waals surface area contributed by atoms with Gasteiger partial charge in [-0.1, -0.05) is 0 Å². The minimum atomic E-state index is -0.737. The highest BCUT2D eigenvalue weighted by molar-refractivity contribution is 5.94. The SMILES string of the molecule is COC(=O)[C@H]1CC[C@@H](C(=O)Nc2ccc(-n3c(=O)[nH][nH]c3=O)cc2)O1. The summed E-state index contributed by atoms with van der Waals surface area (Å²) in [7, 11) is 1.27. The fourth-order valence-corrected chi connectivity index (χ4v) is 2.60. The summed E-state index contributed by atoms with van der Waals surface area (Å²) in [6.45, 7) is 0. The molecule has 2 atom stereocenters. The van der Waals surface area contributed by atoms with E-state index in [9.17, 15) is 19.2 Å². The Morgan fingerprint density at radius 1 is 1.12 bits per heavy atom. The third kappa shape index (κ3) is 3.38. The van der Waals surface area contributed by atoms with Crippen LogP contribution in [0.5, 0.6) is 0 Å². The molecule has 1 aliphatic rings. The quantitative estimate of drug-likeness (QED) is 0.638. The van der Waals surface area contributed by atoms with Gasteiger partial charge in [0.1, 0.15) is 6.10 Å². The van der Waals surface area contributed by atoms with Crippen LogP contribution in [0.25, 0.3) is 5.69 Å². The lowest BCUT2D eigenvalue weighted by Crippen LogP contribution is -2.30. The Kier molecular flexibility index (Phi) is 4.52. The van der Waals surface area contributed by atoms with E-state index >= 15 is 0 Å². The number of anilines is 1. The number of aromatic nitrogens is 3. The van der Waals surface area contributed by atoms with E-state index in [4.69, 9.17) is 4.74 Å². The molecule has 1 aromatic carbocycles. The van der Waals surface area contributed by atoms with Gasteiger partial charge in [0.15, 0.2) is 6.10 Å². The summed E-state index contributed by atoms with van der Waals surface area (Å²) in [5, 5.41) is 7.03. The highest BCUT2D eigenvalue weighted by Gasteiger charge is 2.35. The van der Waals surface area contributed by atoms with Gasteiger partial charge in [-0.15, -0.1) is 0 Å². The first-order valence-electron chi connectivity index (χ1n) is 7.54. The van der Waals surface area contributed by atoms with Crippen LogP contribution in [0.1, 0.15) is 12.8 Å². The second kappa shape index (κ2) is 6.77. The van der Waals surface area contributed by atoms with Gasteiger partial charge in [-0.05, 0) is 37.1 Å². The van der Waals surface area contributed by atoms with Crippen LogP contribution >= 0.6 is 0 Å². The molecular formula is C15H16N4O6. The van der Waals surface area contributed by atoms with Gasteiger partial charge in [-0.25, -0.2) is 29.1 Å². The molecule has 1 aliphatic heterocycles. The third-order valence-corrected chi connectivity index (χ3v) is 3.85. The maximum absolute atomic E-state index is 12.2. The molecule has 10 heteroatoms. The molecule has 132 valence electrons. The van der Waals surface area contributed by atoms with E-state index < -0.39 is 29.6 Å². The van der Waals surface area contributed by atoms with Crippen LogP contribution in [0.2, 0.25) is 0 Å². The van der Waals surface area contributed by atoms with Crippen molar-refractivity contribution in [3.8, 4) is 5.69 Å². The van der Waals surface area contributed by atoms with Gasteiger partial charge < -0.3 is 14.8 Å². The number of aromatic amines is 2. The molecule has 1 fully saturated rings. The second-order valence-corrected chi connectivity index (χ2v) is 5.45. The predicted molar refractivity (Wildman–Crippen MR) is 85.6 cm³/mol. The van der Waals surface area contributed by atoms with E-state index in [0.717, 1.165) is 4.57 Å². The summed E-state index contributed by atoms with van der Waals surface area (Å²) in [5.41, 5.74) is -0.350. The number of hydrogen-bond acceptors (Lipinski definition) is 6. The summed E-state index contributed by atoms with van der Waals surface area (Å²) >= 11 is 0. The Hall–Kier alpha value is -3.14. The minimum absolute atomic E-state index is 0.355. The fraction of sp³-hybridized carbons (Fsp3) is 0.333. The van der Waals surface area contributed by atoms with Gasteiger partial charge in [-0.3, -0.25) is 4.79 Å². The molecule has 1 amide bonds. The van der Waals surface area contributed by atoms with Crippen molar-refractivity contribution in [2.75, 3.05) is 12.4 Å². The van der Waals surface area contributed by atoms with Crippen molar-refractivity contribution in [1.82, 2.24) is 14.8 Å². The zero-order chi connectivity index (χ0) is 18.0. The molecule has 0 aliphatic carbocycles. The summed E-state index contributed by atoms with van der Waals surface area (Å²) in [5.74, 6) is -0.877. The number of amides is 1. The summed E-state index contributed by atoms with van der Waals surface area (Å²) in [6, 6.07) is 6.15. The number of H-pyrrole nitrogens is 2. The first kappa shape index (κ1) is 16.7. The van der Waals surface area contributed by atoms with E-state index in [-0.39, 0.29) is 5.91 Å². The number of carbonyl (C=O) groups is 2. The number of hydrogen-bond donors (Lipinski definition) is 3. The number of methoxy groups -OCH3 is 1. The molecule has 0 radical (unpaired) electrons. The Balaban J connectivity index is 1.66. The van der Waals surface area contributed by atoms with E-state index in [1.807, 2.05) is 0 Å². The second-order valence-electron chi connectivity index (χ2n) is 5.45. The van der Waals surface area contributed by atoms with E-state index in [1.165, 1.54) is 19.2 Å². The maximum atomic E-state index is 12.2. The summed E-state index contributed by atoms with van der Waals surface area (Å²) < 4.78 is 10.9. The molecule has 0 spiro atoms. The Morgan fingerprint density at radius 3 is 2.32 bits per heavy atom. The van der Waals surface area contributed by atoms with Crippen LogP contribution in [-0.4, -0.2) is 46.0 Å². The Bertz CT molecular complexity index is 866. The largest absolute Gasteiger partial charge is 0.467 e. The van der Waals surface area contributed by atoms with Crippen LogP contribution in [0.4, 0.5) is 5.69 Å². The van der Waals surface area contributed by atoms with E-state index in [2.05, 4.69) is 20.3 Å². The normalized spacial score (nSPS) is 19.6. The number of nitrogens with zero attached hydrogens (tertiary/aromatic N) is 1. The molecule has 2 aromatic rings. The molecule has 25 heavy (non-hydrogen) atoms. The number of nitrogens with one attached hydrogen (secondary N) is 3. The molecule has 3 N–H and O–H groups in total. The highest BCUT2D eigenvalue weighted by atomic mass is 16.6. The summed E-state index contributed by atoms with van der Waals surface area (Å²) in [6.07, 6.45) is -0.630. The predicted octanol–water partition coefficient (Wildman–Crippen LogP) is -0.487. The number of carbonyl (C=O) groups excluding carboxylic acids is 2. The van der Waals surface area contributed by atoms with E-state index in [1.54, 1.807) is 12.1 Å². The highest BCUT2D eigenvalue weighted by Crippen LogP contribution is 2.22. The number of ether oxygens (including phenoxy) is 2. The van der Waals surface area contributed by atoms with Crippen molar-refractivity contribution in [2.24, 2.45) is 0 Å². The van der Waals surface area contributed by atoms with Crippen LogP contribution in [0, 0.1) is 0 Å². The molecule has 1 saturated heterocycles. The zero-order valence-electron chi connectivity index (χ0n) is 13.3.